The van der Waals surface area contributed by atoms with Gasteiger partial charge in [0.2, 0.25) is 5.91 Å². The molecule has 0 saturated carbocycles. The maximum Gasteiger partial charge on any atom is 0.234 e. The number of benzene rings is 1. The van der Waals surface area contributed by atoms with Crippen LogP contribution in [0, 0.1) is 6.92 Å². The zero-order valence-electron chi connectivity index (χ0n) is 17.7. The molecular weight excluding hydrogens is 408 g/mol. The van der Waals surface area contributed by atoms with Crippen molar-refractivity contribution in [2.45, 2.75) is 32.2 Å². The van der Waals surface area contributed by atoms with E-state index in [1.54, 1.807) is 6.20 Å². The Morgan fingerprint density at radius 2 is 2.06 bits per heavy atom. The number of amides is 1. The lowest BCUT2D eigenvalue weighted by molar-refractivity contribution is -0.122. The maximum atomic E-state index is 12.3. The van der Waals surface area contributed by atoms with Crippen LogP contribution in [-0.2, 0) is 17.8 Å². The summed E-state index contributed by atoms with van der Waals surface area (Å²) in [4.78, 5) is 23.6. The minimum Gasteiger partial charge on any atom is -0.349 e. The third kappa shape index (κ3) is 6.12. The van der Waals surface area contributed by atoms with E-state index in [9.17, 15) is 4.79 Å². The Balaban J connectivity index is 1.34. The van der Waals surface area contributed by atoms with Crippen molar-refractivity contribution in [3.05, 3.63) is 94.0 Å². The topological polar surface area (TPSA) is 58.1 Å². The van der Waals surface area contributed by atoms with Crippen LogP contribution >= 0.6 is 11.6 Å². The Labute approximate surface area is 188 Å². The first kappa shape index (κ1) is 21.5. The molecule has 4 rings (SSSR count). The number of carbonyl (C=O) groups excluding carboxylic acids is 1. The van der Waals surface area contributed by atoms with E-state index in [1.807, 2.05) is 43.3 Å². The van der Waals surface area contributed by atoms with Crippen LogP contribution in [-0.4, -0.2) is 40.4 Å². The lowest BCUT2D eigenvalue weighted by atomic mass is 9.98. The molecule has 1 unspecified atom stereocenters. The summed E-state index contributed by atoms with van der Waals surface area (Å²) in [5.41, 5.74) is 5.46. The van der Waals surface area contributed by atoms with E-state index in [4.69, 9.17) is 16.6 Å². The van der Waals surface area contributed by atoms with Crippen molar-refractivity contribution < 1.29 is 4.79 Å². The summed E-state index contributed by atoms with van der Waals surface area (Å²) in [6.07, 6.45) is 3.59. The van der Waals surface area contributed by atoms with E-state index >= 15 is 0 Å². The van der Waals surface area contributed by atoms with Crippen molar-refractivity contribution in [2.75, 3.05) is 19.6 Å². The van der Waals surface area contributed by atoms with Gasteiger partial charge < -0.3 is 5.32 Å². The average Bonchev–Trinajstić information content (AvgIpc) is 3.21. The molecule has 1 atom stereocenters. The maximum absolute atomic E-state index is 12.3. The van der Waals surface area contributed by atoms with E-state index in [1.165, 1.54) is 11.1 Å². The molecule has 1 fully saturated rings. The molecule has 31 heavy (non-hydrogen) atoms. The number of aryl methyl sites for hydroxylation is 1. The number of pyridine rings is 2. The summed E-state index contributed by atoms with van der Waals surface area (Å²) in [5, 5.41) is 3.72. The number of aromatic nitrogens is 2. The highest BCUT2D eigenvalue weighted by Crippen LogP contribution is 2.27. The number of carbonyl (C=O) groups is 1. The number of likely N-dealkylation sites (tertiary alicyclic amines) is 1. The highest BCUT2D eigenvalue weighted by atomic mass is 35.5. The molecule has 3 heterocycles. The van der Waals surface area contributed by atoms with Crippen LogP contribution in [0.3, 0.4) is 0 Å². The predicted molar refractivity (Wildman–Crippen MR) is 123 cm³/mol. The molecule has 160 valence electrons. The lowest BCUT2D eigenvalue weighted by Gasteiger charge is -2.16. The van der Waals surface area contributed by atoms with Gasteiger partial charge in [0.25, 0.3) is 0 Å². The number of nitrogens with zero attached hydrogens (tertiary/aromatic N) is 3. The van der Waals surface area contributed by atoms with Crippen molar-refractivity contribution in [1.82, 2.24) is 20.2 Å². The molecule has 1 aliphatic rings. The molecule has 0 bridgehead atoms. The second-order valence-electron chi connectivity index (χ2n) is 8.17. The largest absolute Gasteiger partial charge is 0.349 e. The van der Waals surface area contributed by atoms with E-state index in [-0.39, 0.29) is 5.91 Å². The van der Waals surface area contributed by atoms with E-state index in [0.29, 0.717) is 19.0 Å². The third-order valence-corrected chi connectivity index (χ3v) is 5.82. The zero-order chi connectivity index (χ0) is 21.6. The van der Waals surface area contributed by atoms with Gasteiger partial charge in [-0.3, -0.25) is 19.7 Å². The third-order valence-electron chi connectivity index (χ3n) is 5.58. The van der Waals surface area contributed by atoms with Crippen molar-refractivity contribution in [1.29, 1.82) is 0 Å². The van der Waals surface area contributed by atoms with Gasteiger partial charge in [-0.15, -0.1) is 0 Å². The second kappa shape index (κ2) is 10.0. The standard InChI is InChI=1S/C25H27ClN4O/c1-18-11-20(12-19-5-4-6-22(26)13-19)14-24(29-18)21-8-10-30(16-21)17-25(31)28-15-23-7-2-3-9-27-23/h2-7,9,11,13-14,21H,8,10,12,15-17H2,1H3,(H,28,31). The summed E-state index contributed by atoms with van der Waals surface area (Å²) in [7, 11) is 0. The van der Waals surface area contributed by atoms with Crippen molar-refractivity contribution in [2.24, 2.45) is 0 Å². The second-order valence-corrected chi connectivity index (χ2v) is 8.60. The van der Waals surface area contributed by atoms with E-state index < -0.39 is 0 Å². The first-order chi connectivity index (χ1) is 15.0. The van der Waals surface area contributed by atoms with Gasteiger partial charge in [-0.1, -0.05) is 29.8 Å². The normalized spacial score (nSPS) is 16.4. The molecule has 6 heteroatoms. The van der Waals surface area contributed by atoms with Crippen LogP contribution in [0.5, 0.6) is 0 Å². The van der Waals surface area contributed by atoms with Gasteiger partial charge in [0.1, 0.15) is 0 Å². The summed E-state index contributed by atoms with van der Waals surface area (Å²) in [6.45, 7) is 4.67. The molecule has 0 aliphatic carbocycles. The molecule has 0 spiro atoms. The summed E-state index contributed by atoms with van der Waals surface area (Å²) >= 11 is 6.14. The first-order valence-corrected chi connectivity index (χ1v) is 11.0. The molecule has 3 aromatic rings. The predicted octanol–water partition coefficient (Wildman–Crippen LogP) is 4.13. The molecule has 0 radical (unpaired) electrons. The fourth-order valence-electron chi connectivity index (χ4n) is 4.13. The van der Waals surface area contributed by atoms with Crippen molar-refractivity contribution in [3.63, 3.8) is 0 Å². The van der Waals surface area contributed by atoms with E-state index in [2.05, 4.69) is 33.4 Å². The first-order valence-electron chi connectivity index (χ1n) is 10.7. The molecule has 1 amide bonds. The molecular formula is C25H27ClN4O. The summed E-state index contributed by atoms with van der Waals surface area (Å²) < 4.78 is 0. The van der Waals surface area contributed by atoms with Crippen LogP contribution in [0.4, 0.5) is 0 Å². The molecule has 1 aliphatic heterocycles. The van der Waals surface area contributed by atoms with Crippen molar-refractivity contribution >= 4 is 17.5 Å². The Hall–Kier alpha value is -2.76. The van der Waals surface area contributed by atoms with Crippen LogP contribution in [0.2, 0.25) is 5.02 Å². The van der Waals surface area contributed by atoms with Gasteiger partial charge in [-0.25, -0.2) is 0 Å². The number of hydrogen-bond acceptors (Lipinski definition) is 4. The van der Waals surface area contributed by atoms with Crippen molar-refractivity contribution in [3.8, 4) is 0 Å². The SMILES string of the molecule is Cc1cc(Cc2cccc(Cl)c2)cc(C2CCN(CC(=O)NCc3ccccn3)C2)n1. The highest BCUT2D eigenvalue weighted by Gasteiger charge is 2.26. The Morgan fingerprint density at radius 1 is 1.16 bits per heavy atom. The fourth-order valence-corrected chi connectivity index (χ4v) is 4.34. The molecule has 1 aromatic carbocycles. The van der Waals surface area contributed by atoms with Gasteiger partial charge in [0.15, 0.2) is 0 Å². The Morgan fingerprint density at radius 3 is 2.87 bits per heavy atom. The summed E-state index contributed by atoms with van der Waals surface area (Å²) in [5.74, 6) is 0.381. The van der Waals surface area contributed by atoms with Crippen LogP contribution in [0.1, 0.15) is 40.5 Å². The van der Waals surface area contributed by atoms with Gasteiger partial charge in [0, 0.05) is 35.1 Å². The van der Waals surface area contributed by atoms with Gasteiger partial charge in [-0.05, 0) is 73.8 Å². The minimum absolute atomic E-state index is 0.0325. The average molecular weight is 435 g/mol. The Bertz CT molecular complexity index is 1040. The molecule has 1 saturated heterocycles. The Kier molecular flexibility index (Phi) is 6.95. The van der Waals surface area contributed by atoms with Crippen LogP contribution in [0.15, 0.2) is 60.8 Å². The minimum atomic E-state index is 0.0325. The number of halogens is 1. The molecule has 5 nitrogen and oxygen atoms in total. The highest BCUT2D eigenvalue weighted by molar-refractivity contribution is 6.30. The van der Waals surface area contributed by atoms with Gasteiger partial charge >= 0.3 is 0 Å². The lowest BCUT2D eigenvalue weighted by Crippen LogP contribution is -2.35. The monoisotopic (exact) mass is 434 g/mol. The fraction of sp³-hybridized carbons (Fsp3) is 0.320. The molecule has 1 N–H and O–H groups in total. The van der Waals surface area contributed by atoms with Crippen LogP contribution < -0.4 is 5.32 Å². The van der Waals surface area contributed by atoms with Gasteiger partial charge in [0.05, 0.1) is 18.8 Å². The van der Waals surface area contributed by atoms with Crippen LogP contribution in [0.25, 0.3) is 0 Å². The number of hydrogen-bond donors (Lipinski definition) is 1. The number of nitrogens with one attached hydrogen (secondary N) is 1. The smallest absolute Gasteiger partial charge is 0.234 e. The van der Waals surface area contributed by atoms with E-state index in [0.717, 1.165) is 48.0 Å². The summed E-state index contributed by atoms with van der Waals surface area (Å²) in [6, 6.07) is 18.1. The van der Waals surface area contributed by atoms with Gasteiger partial charge in [-0.2, -0.15) is 0 Å². The quantitative estimate of drug-likeness (QED) is 0.607. The zero-order valence-corrected chi connectivity index (χ0v) is 18.5. The number of rotatable bonds is 7. The molecule has 2 aromatic heterocycles.